The average Bonchev–Trinajstić information content (AvgIpc) is 3.42. The molecule has 7 nitrogen and oxygen atoms in total. The summed E-state index contributed by atoms with van der Waals surface area (Å²) in [5.41, 5.74) is 3.55. The molecule has 0 N–H and O–H groups in total. The summed E-state index contributed by atoms with van der Waals surface area (Å²) >= 11 is 0. The standard InChI is InChI=1S/C26H33FN4O3/c1-17-14-30(15-18(2)34-17)26(33)25-22-7-4-8-23(22)31(28-25)16-24(32)29-11-9-19(10-12-29)20-5-3-6-21(27)13-20/h3,5-6,13,17-19H,4,7-12,14-16H2,1-2H3/t17-,18+. The van der Waals surface area contributed by atoms with E-state index < -0.39 is 0 Å². The number of benzene rings is 1. The average molecular weight is 469 g/mol. The third-order valence-electron chi connectivity index (χ3n) is 7.37. The Morgan fingerprint density at radius 1 is 1.09 bits per heavy atom. The van der Waals surface area contributed by atoms with Crippen LogP contribution in [-0.4, -0.2) is 69.8 Å². The number of carbonyl (C=O) groups excluding carboxylic acids is 2. The van der Waals surface area contributed by atoms with Gasteiger partial charge >= 0.3 is 0 Å². The van der Waals surface area contributed by atoms with Crippen LogP contribution in [0.4, 0.5) is 4.39 Å². The number of hydrogen-bond acceptors (Lipinski definition) is 4. The number of fused-ring (bicyclic) bond motifs is 1. The fourth-order valence-corrected chi connectivity index (χ4v) is 5.76. The third-order valence-corrected chi connectivity index (χ3v) is 7.37. The highest BCUT2D eigenvalue weighted by Crippen LogP contribution is 2.30. The van der Waals surface area contributed by atoms with Crippen LogP contribution in [0.25, 0.3) is 0 Å². The van der Waals surface area contributed by atoms with Crippen molar-refractivity contribution in [2.75, 3.05) is 26.2 Å². The van der Waals surface area contributed by atoms with Crippen molar-refractivity contribution in [3.05, 3.63) is 52.6 Å². The quantitative estimate of drug-likeness (QED) is 0.691. The Morgan fingerprint density at radius 3 is 2.53 bits per heavy atom. The summed E-state index contributed by atoms with van der Waals surface area (Å²) in [7, 11) is 0. The van der Waals surface area contributed by atoms with Crippen molar-refractivity contribution in [1.29, 1.82) is 0 Å². The van der Waals surface area contributed by atoms with E-state index in [2.05, 4.69) is 5.10 Å². The van der Waals surface area contributed by atoms with Crippen LogP contribution < -0.4 is 0 Å². The summed E-state index contributed by atoms with van der Waals surface area (Å²) in [6, 6.07) is 6.78. The molecule has 3 heterocycles. The van der Waals surface area contributed by atoms with Crippen molar-refractivity contribution in [2.24, 2.45) is 0 Å². The lowest BCUT2D eigenvalue weighted by atomic mass is 9.89. The van der Waals surface area contributed by atoms with E-state index in [0.29, 0.717) is 31.9 Å². The number of hydrogen-bond donors (Lipinski definition) is 0. The van der Waals surface area contributed by atoms with Crippen molar-refractivity contribution in [1.82, 2.24) is 19.6 Å². The second kappa shape index (κ2) is 9.49. The molecule has 2 saturated heterocycles. The van der Waals surface area contributed by atoms with Crippen molar-refractivity contribution in [3.63, 3.8) is 0 Å². The van der Waals surface area contributed by atoms with Crippen LogP contribution in [0.15, 0.2) is 24.3 Å². The van der Waals surface area contributed by atoms with Gasteiger partial charge in [0.2, 0.25) is 5.91 Å². The van der Waals surface area contributed by atoms with Gasteiger partial charge in [-0.3, -0.25) is 14.3 Å². The number of morpholine rings is 1. The fraction of sp³-hybridized carbons (Fsp3) is 0.577. The largest absolute Gasteiger partial charge is 0.372 e. The van der Waals surface area contributed by atoms with E-state index in [4.69, 9.17) is 4.74 Å². The van der Waals surface area contributed by atoms with E-state index in [0.717, 1.165) is 48.9 Å². The third kappa shape index (κ3) is 4.60. The molecule has 2 amide bonds. The van der Waals surface area contributed by atoms with Gasteiger partial charge in [0.25, 0.3) is 5.91 Å². The topological polar surface area (TPSA) is 67.7 Å². The highest BCUT2D eigenvalue weighted by Gasteiger charge is 2.33. The summed E-state index contributed by atoms with van der Waals surface area (Å²) in [5.74, 6) is 0.0379. The van der Waals surface area contributed by atoms with Crippen LogP contribution >= 0.6 is 0 Å². The van der Waals surface area contributed by atoms with Gasteiger partial charge in [-0.25, -0.2) is 4.39 Å². The minimum Gasteiger partial charge on any atom is -0.372 e. The molecule has 3 aliphatic rings. The minimum absolute atomic E-state index is 0.000261. The van der Waals surface area contributed by atoms with Crippen LogP contribution in [0.3, 0.4) is 0 Å². The van der Waals surface area contributed by atoms with E-state index in [-0.39, 0.29) is 42.3 Å². The van der Waals surface area contributed by atoms with Gasteiger partial charge in [0, 0.05) is 37.4 Å². The molecule has 182 valence electrons. The zero-order valence-electron chi connectivity index (χ0n) is 20.0. The Morgan fingerprint density at radius 2 is 1.82 bits per heavy atom. The van der Waals surface area contributed by atoms with E-state index in [1.54, 1.807) is 16.8 Å². The van der Waals surface area contributed by atoms with Gasteiger partial charge < -0.3 is 14.5 Å². The maximum absolute atomic E-state index is 13.6. The highest BCUT2D eigenvalue weighted by molar-refractivity contribution is 5.94. The maximum Gasteiger partial charge on any atom is 0.274 e. The number of likely N-dealkylation sites (tertiary alicyclic amines) is 1. The number of nitrogens with zero attached hydrogens (tertiary/aromatic N) is 4. The van der Waals surface area contributed by atoms with Crippen LogP contribution in [-0.2, 0) is 28.9 Å². The smallest absolute Gasteiger partial charge is 0.274 e. The van der Waals surface area contributed by atoms with E-state index in [1.807, 2.05) is 29.7 Å². The molecule has 0 saturated carbocycles. The predicted octanol–water partition coefficient (Wildman–Crippen LogP) is 3.17. The van der Waals surface area contributed by atoms with E-state index in [1.165, 1.54) is 6.07 Å². The number of amides is 2. The summed E-state index contributed by atoms with van der Waals surface area (Å²) in [6.07, 6.45) is 4.31. The number of ether oxygens (including phenoxy) is 1. The summed E-state index contributed by atoms with van der Waals surface area (Å²) in [4.78, 5) is 30.2. The SMILES string of the molecule is C[C@@H]1CN(C(=O)c2nn(CC(=O)N3CCC(c4cccc(F)c4)CC3)c3c2CCC3)C[C@H](C)O1. The second-order valence-electron chi connectivity index (χ2n) is 9.96. The molecular formula is C26H33FN4O3. The van der Waals surface area contributed by atoms with Crippen LogP contribution in [0.1, 0.15) is 66.3 Å². The number of carbonyl (C=O) groups is 2. The second-order valence-corrected chi connectivity index (χ2v) is 9.96. The molecular weight excluding hydrogens is 435 g/mol. The lowest BCUT2D eigenvalue weighted by Crippen LogP contribution is -2.48. The number of piperidine rings is 1. The zero-order chi connectivity index (χ0) is 23.8. The molecule has 8 heteroatoms. The minimum atomic E-state index is -0.213. The van der Waals surface area contributed by atoms with Gasteiger partial charge in [0.1, 0.15) is 12.4 Å². The first-order valence-electron chi connectivity index (χ1n) is 12.5. The van der Waals surface area contributed by atoms with Gasteiger partial charge in [-0.15, -0.1) is 0 Å². The highest BCUT2D eigenvalue weighted by atomic mass is 19.1. The van der Waals surface area contributed by atoms with Crippen LogP contribution in [0, 0.1) is 5.82 Å². The first-order valence-corrected chi connectivity index (χ1v) is 12.5. The fourth-order valence-electron chi connectivity index (χ4n) is 5.76. The molecule has 2 aliphatic heterocycles. The number of halogens is 1. The molecule has 2 fully saturated rings. The lowest BCUT2D eigenvalue weighted by molar-refractivity contribution is -0.133. The Kier molecular flexibility index (Phi) is 6.42. The predicted molar refractivity (Wildman–Crippen MR) is 125 cm³/mol. The van der Waals surface area contributed by atoms with Crippen molar-refractivity contribution >= 4 is 11.8 Å². The Hall–Kier alpha value is -2.74. The normalized spacial score (nSPS) is 23.3. The van der Waals surface area contributed by atoms with Gasteiger partial charge in [0.05, 0.1) is 12.2 Å². The zero-order valence-corrected chi connectivity index (χ0v) is 20.0. The summed E-state index contributed by atoms with van der Waals surface area (Å²) in [6.45, 7) is 6.55. The Balaban J connectivity index is 1.25. The van der Waals surface area contributed by atoms with Crippen LogP contribution in [0.5, 0.6) is 0 Å². The van der Waals surface area contributed by atoms with Gasteiger partial charge in [-0.2, -0.15) is 5.10 Å². The maximum atomic E-state index is 13.6. The Bertz CT molecular complexity index is 1070. The van der Waals surface area contributed by atoms with Crippen molar-refractivity contribution < 1.29 is 18.7 Å². The molecule has 1 aliphatic carbocycles. The Labute approximate surface area is 199 Å². The molecule has 2 aromatic rings. The first-order chi connectivity index (χ1) is 16.4. The monoisotopic (exact) mass is 468 g/mol. The number of aromatic nitrogens is 2. The lowest BCUT2D eigenvalue weighted by Gasteiger charge is -2.35. The van der Waals surface area contributed by atoms with Gasteiger partial charge in [-0.1, -0.05) is 12.1 Å². The molecule has 0 bridgehead atoms. The molecule has 5 rings (SSSR count). The van der Waals surface area contributed by atoms with Gasteiger partial charge in [-0.05, 0) is 69.6 Å². The summed E-state index contributed by atoms with van der Waals surface area (Å²) in [5, 5.41) is 4.66. The summed E-state index contributed by atoms with van der Waals surface area (Å²) < 4.78 is 21.1. The van der Waals surface area contributed by atoms with E-state index in [9.17, 15) is 14.0 Å². The molecule has 0 unspecified atom stereocenters. The van der Waals surface area contributed by atoms with Gasteiger partial charge in [0.15, 0.2) is 5.69 Å². The molecule has 1 aromatic carbocycles. The molecule has 0 spiro atoms. The molecule has 1 aromatic heterocycles. The molecule has 0 radical (unpaired) electrons. The van der Waals surface area contributed by atoms with Crippen LogP contribution in [0.2, 0.25) is 0 Å². The van der Waals surface area contributed by atoms with Crippen molar-refractivity contribution in [3.8, 4) is 0 Å². The molecule has 34 heavy (non-hydrogen) atoms. The molecule has 2 atom stereocenters. The number of rotatable bonds is 4. The van der Waals surface area contributed by atoms with E-state index >= 15 is 0 Å². The first kappa shape index (κ1) is 23.0. The van der Waals surface area contributed by atoms with Crippen molar-refractivity contribution in [2.45, 2.75) is 70.6 Å².